The second-order valence-corrected chi connectivity index (χ2v) is 8.73. The van der Waals surface area contributed by atoms with Gasteiger partial charge in [0.15, 0.2) is 0 Å². The molecule has 3 saturated carbocycles. The van der Waals surface area contributed by atoms with E-state index in [0.29, 0.717) is 0 Å². The van der Waals surface area contributed by atoms with E-state index in [0.717, 1.165) is 48.4 Å². The SMILES string of the molecule is CCCCOc1ccc(C2CC3C4CCC(C4)C3C2)c2ccccc12. The Bertz CT molecular complexity index is 746. The number of unbranched alkanes of at least 4 members (excludes halogenated alkanes) is 1. The van der Waals surface area contributed by atoms with Crippen molar-refractivity contribution < 1.29 is 4.74 Å². The molecule has 132 valence electrons. The molecule has 2 aromatic carbocycles. The second kappa shape index (κ2) is 6.34. The molecule has 0 amide bonds. The molecule has 3 fully saturated rings. The standard InChI is InChI=1S/C24H30O/c1-2-3-12-25-24-11-10-19(20-6-4-5-7-21(20)24)18-14-22-16-8-9-17(13-16)23(22)15-18/h4-7,10-11,16-18,22-23H,2-3,8-9,12-15H2,1H3. The predicted octanol–water partition coefficient (Wildman–Crippen LogP) is 6.56. The number of fused-ring (bicyclic) bond motifs is 6. The van der Waals surface area contributed by atoms with Crippen LogP contribution in [0.5, 0.6) is 5.75 Å². The first-order valence-electron chi connectivity index (χ1n) is 10.5. The highest BCUT2D eigenvalue weighted by Gasteiger charge is 2.52. The maximum absolute atomic E-state index is 6.10. The van der Waals surface area contributed by atoms with Crippen molar-refractivity contribution in [1.82, 2.24) is 0 Å². The summed E-state index contributed by atoms with van der Waals surface area (Å²) < 4.78 is 6.10. The van der Waals surface area contributed by atoms with Crippen LogP contribution in [-0.2, 0) is 0 Å². The molecule has 0 radical (unpaired) electrons. The van der Waals surface area contributed by atoms with Crippen LogP contribution in [0.1, 0.15) is 63.4 Å². The molecule has 2 aromatic rings. The molecule has 2 bridgehead atoms. The highest BCUT2D eigenvalue weighted by molar-refractivity contribution is 5.91. The van der Waals surface area contributed by atoms with Crippen LogP contribution in [0.2, 0.25) is 0 Å². The molecule has 0 saturated heterocycles. The number of ether oxygens (including phenoxy) is 1. The minimum atomic E-state index is 0.771. The summed E-state index contributed by atoms with van der Waals surface area (Å²) in [6.45, 7) is 3.05. The molecule has 5 rings (SSSR count). The lowest BCUT2D eigenvalue weighted by Gasteiger charge is -2.23. The normalized spacial score (nSPS) is 33.1. The molecule has 0 N–H and O–H groups in total. The van der Waals surface area contributed by atoms with Gasteiger partial charge in [0.2, 0.25) is 0 Å². The zero-order chi connectivity index (χ0) is 16.8. The summed E-state index contributed by atoms with van der Waals surface area (Å²) in [6.07, 6.45) is 9.77. The third-order valence-electron chi connectivity index (χ3n) is 7.50. The smallest absolute Gasteiger partial charge is 0.127 e. The fourth-order valence-electron chi connectivity index (χ4n) is 6.37. The zero-order valence-corrected chi connectivity index (χ0v) is 15.4. The molecule has 4 atom stereocenters. The van der Waals surface area contributed by atoms with E-state index in [9.17, 15) is 0 Å². The molecule has 1 heteroatoms. The molecule has 4 unspecified atom stereocenters. The fraction of sp³-hybridized carbons (Fsp3) is 0.583. The first-order chi connectivity index (χ1) is 12.3. The van der Waals surface area contributed by atoms with Gasteiger partial charge in [0.25, 0.3) is 0 Å². The highest BCUT2D eigenvalue weighted by atomic mass is 16.5. The maximum atomic E-state index is 6.10. The van der Waals surface area contributed by atoms with Crippen molar-refractivity contribution in [2.45, 2.75) is 57.8 Å². The Hall–Kier alpha value is -1.50. The minimum Gasteiger partial charge on any atom is -0.493 e. The van der Waals surface area contributed by atoms with Crippen LogP contribution >= 0.6 is 0 Å². The van der Waals surface area contributed by atoms with Gasteiger partial charge in [-0.2, -0.15) is 0 Å². The van der Waals surface area contributed by atoms with Gasteiger partial charge in [-0.1, -0.05) is 43.7 Å². The van der Waals surface area contributed by atoms with Gasteiger partial charge in [-0.3, -0.25) is 0 Å². The lowest BCUT2D eigenvalue weighted by Crippen LogP contribution is -2.15. The topological polar surface area (TPSA) is 9.23 Å². The quantitative estimate of drug-likeness (QED) is 0.563. The summed E-state index contributed by atoms with van der Waals surface area (Å²) in [7, 11) is 0. The van der Waals surface area contributed by atoms with E-state index in [1.165, 1.54) is 42.9 Å². The second-order valence-electron chi connectivity index (χ2n) is 8.73. The lowest BCUT2D eigenvalue weighted by molar-refractivity contribution is 0.259. The maximum Gasteiger partial charge on any atom is 0.127 e. The summed E-state index contributed by atoms with van der Waals surface area (Å²) in [6, 6.07) is 13.6. The zero-order valence-electron chi connectivity index (χ0n) is 15.4. The third kappa shape index (κ3) is 2.58. The van der Waals surface area contributed by atoms with Gasteiger partial charge in [0.05, 0.1) is 6.61 Å². The monoisotopic (exact) mass is 334 g/mol. The van der Waals surface area contributed by atoms with Crippen LogP contribution in [-0.4, -0.2) is 6.61 Å². The Morgan fingerprint density at radius 1 is 0.880 bits per heavy atom. The van der Waals surface area contributed by atoms with Gasteiger partial charge in [-0.25, -0.2) is 0 Å². The van der Waals surface area contributed by atoms with Crippen LogP contribution in [0, 0.1) is 23.7 Å². The largest absolute Gasteiger partial charge is 0.493 e. The summed E-state index contributed by atoms with van der Waals surface area (Å²) in [5.41, 5.74) is 1.59. The highest BCUT2D eigenvalue weighted by Crippen LogP contribution is 2.62. The van der Waals surface area contributed by atoms with Crippen molar-refractivity contribution in [3.63, 3.8) is 0 Å². The van der Waals surface area contributed by atoms with E-state index < -0.39 is 0 Å². The van der Waals surface area contributed by atoms with Crippen molar-refractivity contribution in [2.24, 2.45) is 23.7 Å². The number of benzene rings is 2. The molecule has 1 nitrogen and oxygen atoms in total. The molecule has 0 heterocycles. The van der Waals surface area contributed by atoms with Gasteiger partial charge in [0.1, 0.15) is 5.75 Å². The molecule has 0 aromatic heterocycles. The summed E-state index contributed by atoms with van der Waals surface area (Å²) in [4.78, 5) is 0. The molecule has 0 spiro atoms. The van der Waals surface area contributed by atoms with Gasteiger partial charge in [-0.05, 0) is 85.1 Å². The minimum absolute atomic E-state index is 0.771. The molecule has 0 aliphatic heterocycles. The molecular weight excluding hydrogens is 304 g/mol. The lowest BCUT2D eigenvalue weighted by atomic mass is 9.82. The van der Waals surface area contributed by atoms with E-state index in [2.05, 4.69) is 43.3 Å². The van der Waals surface area contributed by atoms with Crippen LogP contribution in [0.25, 0.3) is 10.8 Å². The number of rotatable bonds is 5. The Morgan fingerprint density at radius 2 is 1.60 bits per heavy atom. The Labute approximate surface area is 151 Å². The molecular formula is C24H30O. The predicted molar refractivity (Wildman–Crippen MR) is 104 cm³/mol. The first-order valence-corrected chi connectivity index (χ1v) is 10.5. The van der Waals surface area contributed by atoms with Gasteiger partial charge in [-0.15, -0.1) is 0 Å². The first kappa shape index (κ1) is 15.7. The number of hydrogen-bond donors (Lipinski definition) is 0. The van der Waals surface area contributed by atoms with Crippen LogP contribution in [0.3, 0.4) is 0 Å². The van der Waals surface area contributed by atoms with E-state index in [1.54, 1.807) is 12.0 Å². The van der Waals surface area contributed by atoms with Crippen LogP contribution < -0.4 is 4.74 Å². The van der Waals surface area contributed by atoms with Crippen molar-refractivity contribution >= 4 is 10.8 Å². The third-order valence-corrected chi connectivity index (χ3v) is 7.50. The summed E-state index contributed by atoms with van der Waals surface area (Å²) in [5, 5.41) is 2.75. The summed E-state index contributed by atoms with van der Waals surface area (Å²) >= 11 is 0. The Kier molecular flexibility index (Phi) is 3.99. The van der Waals surface area contributed by atoms with Gasteiger partial charge >= 0.3 is 0 Å². The average Bonchev–Trinajstić information content (AvgIpc) is 3.35. The number of hydrogen-bond acceptors (Lipinski definition) is 1. The van der Waals surface area contributed by atoms with Crippen molar-refractivity contribution in [3.05, 3.63) is 42.0 Å². The van der Waals surface area contributed by atoms with E-state index >= 15 is 0 Å². The van der Waals surface area contributed by atoms with Crippen molar-refractivity contribution in [2.75, 3.05) is 6.61 Å². The Morgan fingerprint density at radius 3 is 2.32 bits per heavy atom. The molecule has 3 aliphatic rings. The fourth-order valence-corrected chi connectivity index (χ4v) is 6.37. The van der Waals surface area contributed by atoms with Gasteiger partial charge < -0.3 is 4.74 Å². The summed E-state index contributed by atoms with van der Waals surface area (Å²) in [5.74, 6) is 6.02. The van der Waals surface area contributed by atoms with E-state index in [4.69, 9.17) is 4.74 Å². The van der Waals surface area contributed by atoms with Crippen molar-refractivity contribution in [3.8, 4) is 5.75 Å². The molecule has 3 aliphatic carbocycles. The molecule has 25 heavy (non-hydrogen) atoms. The van der Waals surface area contributed by atoms with Crippen LogP contribution in [0.15, 0.2) is 36.4 Å². The van der Waals surface area contributed by atoms with Crippen molar-refractivity contribution in [1.29, 1.82) is 0 Å². The van der Waals surface area contributed by atoms with Gasteiger partial charge in [0, 0.05) is 5.39 Å². The van der Waals surface area contributed by atoms with E-state index in [-0.39, 0.29) is 0 Å². The van der Waals surface area contributed by atoms with E-state index in [1.807, 2.05) is 0 Å². The Balaban J connectivity index is 1.45. The average molecular weight is 335 g/mol. The van der Waals surface area contributed by atoms with Crippen LogP contribution in [0.4, 0.5) is 0 Å².